The Kier molecular flexibility index (Phi) is 20.5. The van der Waals surface area contributed by atoms with Crippen LogP contribution in [0.2, 0.25) is 0 Å². The Morgan fingerprint density at radius 3 is 1.44 bits per heavy atom. The van der Waals surface area contributed by atoms with Crippen molar-refractivity contribution in [2.24, 2.45) is 0 Å². The average molecular weight is 472 g/mol. The van der Waals surface area contributed by atoms with Crippen LogP contribution in [-0.4, -0.2) is 42.3 Å². The van der Waals surface area contributed by atoms with E-state index in [2.05, 4.69) is 31.9 Å². The summed E-state index contributed by atoms with van der Waals surface area (Å²) in [6, 6.07) is 0.900. The predicted octanol–water partition coefficient (Wildman–Crippen LogP) is 7.96. The van der Waals surface area contributed by atoms with E-state index in [9.17, 15) is 8.42 Å². The van der Waals surface area contributed by atoms with E-state index < -0.39 is 10.1 Å². The summed E-state index contributed by atoms with van der Waals surface area (Å²) in [5, 5.41) is 0. The molecular weight excluding hydrogens is 418 g/mol. The molecule has 0 radical (unpaired) electrons. The van der Waals surface area contributed by atoms with Crippen molar-refractivity contribution in [3.05, 3.63) is 25.3 Å². The molecule has 0 saturated heterocycles. The van der Waals surface area contributed by atoms with Crippen LogP contribution in [0.3, 0.4) is 0 Å². The number of nitrogens with zero attached hydrogens (tertiary/aromatic N) is 1. The van der Waals surface area contributed by atoms with Gasteiger partial charge < -0.3 is 0 Å². The summed E-state index contributed by atoms with van der Waals surface area (Å²) < 4.78 is 31.4. The first kappa shape index (κ1) is 31.4. The number of hydrogen-bond donors (Lipinski definition) is 1. The molecular formula is C27H53NO3S. The topological polar surface area (TPSA) is 57.6 Å². The van der Waals surface area contributed by atoms with Crippen molar-refractivity contribution in [1.82, 2.24) is 4.90 Å². The molecule has 0 spiro atoms. The van der Waals surface area contributed by atoms with Crippen LogP contribution in [0, 0.1) is 0 Å². The molecule has 4 nitrogen and oxygen atoms in total. The lowest BCUT2D eigenvalue weighted by molar-refractivity contribution is 0.135. The molecule has 0 fully saturated rings. The van der Waals surface area contributed by atoms with Crippen LogP contribution in [-0.2, 0) is 10.1 Å². The molecule has 32 heavy (non-hydrogen) atoms. The molecule has 2 atom stereocenters. The van der Waals surface area contributed by atoms with Crippen molar-refractivity contribution < 1.29 is 13.0 Å². The summed E-state index contributed by atoms with van der Waals surface area (Å²) in [6.45, 7) is 12.9. The molecule has 0 aliphatic heterocycles. The van der Waals surface area contributed by atoms with E-state index in [1.165, 1.54) is 77.0 Å². The molecule has 5 heteroatoms. The summed E-state index contributed by atoms with van der Waals surface area (Å²) in [7, 11) is -3.88. The summed E-state index contributed by atoms with van der Waals surface area (Å²) in [5.41, 5.74) is 0. The Bertz CT molecular complexity index is 517. The second-order valence-electron chi connectivity index (χ2n) is 9.55. The third kappa shape index (κ3) is 20.0. The number of hydrogen-bond acceptors (Lipinski definition) is 3. The SMILES string of the molecule is C=CCCCCCCCCC(C)N(CCCS(=O)(=O)O)C(C)CCCCCCCCC=C. The first-order chi connectivity index (χ1) is 15.3. The Morgan fingerprint density at radius 2 is 1.06 bits per heavy atom. The van der Waals surface area contributed by atoms with Crippen molar-refractivity contribution in [3.63, 3.8) is 0 Å². The van der Waals surface area contributed by atoms with E-state index in [1.54, 1.807) is 0 Å². The molecule has 190 valence electrons. The van der Waals surface area contributed by atoms with E-state index in [1.807, 2.05) is 12.2 Å². The van der Waals surface area contributed by atoms with E-state index >= 15 is 0 Å². The molecule has 0 aromatic heterocycles. The van der Waals surface area contributed by atoms with E-state index in [4.69, 9.17) is 4.55 Å². The zero-order valence-electron chi connectivity index (χ0n) is 21.3. The highest BCUT2D eigenvalue weighted by atomic mass is 32.2. The molecule has 0 aliphatic carbocycles. The van der Waals surface area contributed by atoms with Crippen molar-refractivity contribution in [2.45, 2.75) is 135 Å². The predicted molar refractivity (Wildman–Crippen MR) is 141 cm³/mol. The van der Waals surface area contributed by atoms with Gasteiger partial charge in [0, 0.05) is 12.1 Å². The minimum atomic E-state index is -3.88. The third-order valence-corrected chi connectivity index (χ3v) is 7.32. The molecule has 0 rings (SSSR count). The van der Waals surface area contributed by atoms with E-state index in [0.29, 0.717) is 18.5 Å². The van der Waals surface area contributed by atoms with Crippen LogP contribution >= 0.6 is 0 Å². The highest BCUT2D eigenvalue weighted by Gasteiger charge is 2.20. The Labute approximate surface area is 200 Å². The Hall–Kier alpha value is -0.650. The van der Waals surface area contributed by atoms with Gasteiger partial charge in [-0.05, 0) is 65.3 Å². The lowest BCUT2D eigenvalue weighted by Crippen LogP contribution is -2.41. The number of rotatable bonds is 24. The first-order valence-corrected chi connectivity index (χ1v) is 14.9. The van der Waals surface area contributed by atoms with E-state index in [0.717, 1.165) is 32.2 Å². The lowest BCUT2D eigenvalue weighted by Gasteiger charge is -2.35. The zero-order valence-corrected chi connectivity index (χ0v) is 22.1. The van der Waals surface area contributed by atoms with Gasteiger partial charge in [0.15, 0.2) is 0 Å². The normalized spacial score (nSPS) is 13.9. The van der Waals surface area contributed by atoms with Gasteiger partial charge in [0.1, 0.15) is 0 Å². The van der Waals surface area contributed by atoms with Gasteiger partial charge in [-0.15, -0.1) is 13.2 Å². The minimum absolute atomic E-state index is 0.141. The van der Waals surface area contributed by atoms with Crippen LogP contribution in [0.25, 0.3) is 0 Å². The third-order valence-electron chi connectivity index (χ3n) is 6.51. The van der Waals surface area contributed by atoms with Crippen molar-refractivity contribution in [2.75, 3.05) is 12.3 Å². The Balaban J connectivity index is 4.30. The number of unbranched alkanes of at least 4 members (excludes halogenated alkanes) is 12. The van der Waals surface area contributed by atoms with Crippen LogP contribution in [0.1, 0.15) is 123 Å². The van der Waals surface area contributed by atoms with Gasteiger partial charge in [0.2, 0.25) is 0 Å². The molecule has 0 heterocycles. The average Bonchev–Trinajstić information content (AvgIpc) is 2.74. The van der Waals surface area contributed by atoms with Crippen molar-refractivity contribution in [1.29, 1.82) is 0 Å². The number of allylic oxidation sites excluding steroid dienone is 2. The zero-order chi connectivity index (χ0) is 24.1. The fraction of sp³-hybridized carbons (Fsp3) is 0.852. The first-order valence-electron chi connectivity index (χ1n) is 13.2. The van der Waals surface area contributed by atoms with Gasteiger partial charge in [-0.3, -0.25) is 9.45 Å². The summed E-state index contributed by atoms with van der Waals surface area (Å²) in [5.74, 6) is -0.141. The van der Waals surface area contributed by atoms with Gasteiger partial charge in [-0.25, -0.2) is 0 Å². The van der Waals surface area contributed by atoms with Crippen molar-refractivity contribution in [3.8, 4) is 0 Å². The highest BCUT2D eigenvalue weighted by molar-refractivity contribution is 7.85. The molecule has 0 bridgehead atoms. The molecule has 0 aromatic carbocycles. The van der Waals surface area contributed by atoms with Gasteiger partial charge >= 0.3 is 0 Å². The molecule has 0 aromatic rings. The van der Waals surface area contributed by atoms with Gasteiger partial charge in [0.05, 0.1) is 5.75 Å². The van der Waals surface area contributed by atoms with Crippen molar-refractivity contribution >= 4 is 10.1 Å². The maximum absolute atomic E-state index is 11.2. The summed E-state index contributed by atoms with van der Waals surface area (Å²) in [6.07, 6.45) is 24.4. The smallest absolute Gasteiger partial charge is 0.264 e. The Morgan fingerprint density at radius 1 is 0.688 bits per heavy atom. The minimum Gasteiger partial charge on any atom is -0.298 e. The van der Waals surface area contributed by atoms with Crippen LogP contribution in [0.4, 0.5) is 0 Å². The van der Waals surface area contributed by atoms with Gasteiger partial charge in [0.25, 0.3) is 10.1 Å². The maximum Gasteiger partial charge on any atom is 0.264 e. The quantitative estimate of drug-likeness (QED) is 0.0881. The fourth-order valence-electron chi connectivity index (χ4n) is 4.51. The maximum atomic E-state index is 11.2. The lowest BCUT2D eigenvalue weighted by atomic mass is 10.0. The largest absolute Gasteiger partial charge is 0.298 e. The van der Waals surface area contributed by atoms with Gasteiger partial charge in [-0.1, -0.05) is 76.4 Å². The summed E-state index contributed by atoms with van der Waals surface area (Å²) in [4.78, 5) is 2.49. The summed E-state index contributed by atoms with van der Waals surface area (Å²) >= 11 is 0. The molecule has 0 amide bonds. The second-order valence-corrected chi connectivity index (χ2v) is 11.1. The molecule has 1 N–H and O–H groups in total. The monoisotopic (exact) mass is 471 g/mol. The highest BCUT2D eigenvalue weighted by Crippen LogP contribution is 2.19. The van der Waals surface area contributed by atoms with E-state index in [-0.39, 0.29) is 5.75 Å². The van der Waals surface area contributed by atoms with Crippen LogP contribution in [0.5, 0.6) is 0 Å². The second kappa shape index (κ2) is 20.9. The molecule has 0 saturated carbocycles. The molecule has 0 aliphatic rings. The molecule has 2 unspecified atom stereocenters. The van der Waals surface area contributed by atoms with Gasteiger partial charge in [-0.2, -0.15) is 8.42 Å². The van der Waals surface area contributed by atoms with Crippen LogP contribution in [0.15, 0.2) is 25.3 Å². The fourth-order valence-corrected chi connectivity index (χ4v) is 5.00. The van der Waals surface area contributed by atoms with Crippen LogP contribution < -0.4 is 0 Å². The standard InChI is InChI=1S/C27H53NO3S/c1-5-7-9-11-13-15-17-19-22-26(3)28(24-21-25-32(29,30)31)27(4)23-20-18-16-14-12-10-8-6-2/h5-6,26-27H,1-2,7-25H2,3-4H3,(H,29,30,31).